The molecule has 1 saturated heterocycles. The van der Waals surface area contributed by atoms with Crippen molar-refractivity contribution in [3.63, 3.8) is 0 Å². The predicted molar refractivity (Wildman–Crippen MR) is 102 cm³/mol. The van der Waals surface area contributed by atoms with E-state index in [4.69, 9.17) is 4.74 Å². The van der Waals surface area contributed by atoms with Crippen molar-refractivity contribution in [2.45, 2.75) is 30.7 Å². The fraction of sp³-hybridized carbons (Fsp3) is 0.474. The lowest BCUT2D eigenvalue weighted by molar-refractivity contribution is 0.238. The molecule has 1 aliphatic rings. The summed E-state index contributed by atoms with van der Waals surface area (Å²) >= 11 is 0. The molecule has 3 rings (SSSR count). The first-order chi connectivity index (χ1) is 12.5. The van der Waals surface area contributed by atoms with Crippen LogP contribution in [0.15, 0.2) is 47.5 Å². The summed E-state index contributed by atoms with van der Waals surface area (Å²) in [7, 11) is -1.56. The summed E-state index contributed by atoms with van der Waals surface area (Å²) in [5.74, 6) is 0.671. The smallest absolute Gasteiger partial charge is 0.240 e. The van der Waals surface area contributed by atoms with Crippen LogP contribution in [0.5, 0.6) is 5.75 Å². The van der Waals surface area contributed by atoms with E-state index in [2.05, 4.69) is 20.3 Å². The molecular weight excluding hydrogens is 350 g/mol. The van der Waals surface area contributed by atoms with Crippen LogP contribution >= 0.6 is 0 Å². The molecule has 0 aliphatic carbocycles. The first kappa shape index (κ1) is 18.9. The van der Waals surface area contributed by atoms with Crippen LogP contribution in [0.4, 0.5) is 0 Å². The molecule has 0 amide bonds. The third-order valence-electron chi connectivity index (χ3n) is 4.82. The zero-order valence-corrected chi connectivity index (χ0v) is 16.2. The van der Waals surface area contributed by atoms with Crippen molar-refractivity contribution in [3.8, 4) is 5.75 Å². The molecule has 1 atom stereocenters. The summed E-state index contributed by atoms with van der Waals surface area (Å²) in [6.07, 6.45) is 4.32. The van der Waals surface area contributed by atoms with E-state index in [9.17, 15) is 8.42 Å². The number of aryl methyl sites for hydroxylation is 1. The van der Waals surface area contributed by atoms with E-state index in [0.717, 1.165) is 31.6 Å². The highest BCUT2D eigenvalue weighted by Crippen LogP contribution is 2.25. The van der Waals surface area contributed by atoms with E-state index in [1.165, 1.54) is 0 Å². The zero-order valence-electron chi connectivity index (χ0n) is 15.4. The summed E-state index contributed by atoms with van der Waals surface area (Å²) in [4.78, 5) is 2.61. The van der Waals surface area contributed by atoms with Crippen molar-refractivity contribution in [1.29, 1.82) is 0 Å². The summed E-state index contributed by atoms with van der Waals surface area (Å²) in [6, 6.07) is 10.6. The second-order valence-corrected chi connectivity index (χ2v) is 8.33. The Morgan fingerprint density at radius 2 is 1.85 bits per heavy atom. The van der Waals surface area contributed by atoms with Gasteiger partial charge in [-0.3, -0.25) is 4.90 Å². The Labute approximate surface area is 155 Å². The minimum Gasteiger partial charge on any atom is -0.494 e. The Kier molecular flexibility index (Phi) is 6.01. The number of nitrogens with one attached hydrogen (secondary N) is 1. The predicted octanol–water partition coefficient (Wildman–Crippen LogP) is 2.54. The molecule has 2 aromatic rings. The fourth-order valence-corrected chi connectivity index (χ4v) is 4.49. The number of ether oxygens (including phenoxy) is 1. The highest BCUT2D eigenvalue weighted by Gasteiger charge is 2.27. The summed E-state index contributed by atoms with van der Waals surface area (Å²) in [5.41, 5.74) is 1.13. The maximum atomic E-state index is 12.7. The molecule has 1 aromatic carbocycles. The number of hydrogen-bond donors (Lipinski definition) is 1. The van der Waals surface area contributed by atoms with Gasteiger partial charge in [-0.1, -0.05) is 0 Å². The molecule has 2 heterocycles. The molecule has 0 radical (unpaired) electrons. The molecule has 1 N–H and O–H groups in total. The number of nitrogens with zero attached hydrogens (tertiary/aromatic N) is 2. The number of likely N-dealkylation sites (tertiary alicyclic amines) is 1. The molecule has 0 bridgehead atoms. The molecule has 0 saturated carbocycles. The Morgan fingerprint density at radius 1 is 1.15 bits per heavy atom. The largest absolute Gasteiger partial charge is 0.494 e. The third kappa shape index (κ3) is 4.28. The van der Waals surface area contributed by atoms with E-state index in [-0.39, 0.29) is 10.9 Å². The standard InChI is InChI=1S/C19H27N3O3S/c1-3-25-16-8-10-17(11-9-16)26(23,24)20-15-19(22-13-4-5-14-22)18-7-6-12-21(18)2/h6-12,19-20H,3-5,13-15H2,1-2H3. The second-order valence-electron chi connectivity index (χ2n) is 6.56. The Morgan fingerprint density at radius 3 is 2.42 bits per heavy atom. The van der Waals surface area contributed by atoms with Crippen LogP contribution in [-0.4, -0.2) is 44.1 Å². The lowest BCUT2D eigenvalue weighted by Crippen LogP contribution is -2.37. The fourth-order valence-electron chi connectivity index (χ4n) is 3.45. The summed E-state index contributed by atoms with van der Waals surface area (Å²) in [6.45, 7) is 4.81. The van der Waals surface area contributed by atoms with Crippen molar-refractivity contribution < 1.29 is 13.2 Å². The summed E-state index contributed by atoms with van der Waals surface area (Å²) < 4.78 is 35.6. The van der Waals surface area contributed by atoms with Gasteiger partial charge >= 0.3 is 0 Å². The van der Waals surface area contributed by atoms with Crippen LogP contribution in [0, 0.1) is 0 Å². The van der Waals surface area contributed by atoms with Gasteiger partial charge in [0.25, 0.3) is 0 Å². The van der Waals surface area contributed by atoms with Crippen LogP contribution in [0.1, 0.15) is 31.5 Å². The van der Waals surface area contributed by atoms with Gasteiger partial charge in [-0.25, -0.2) is 13.1 Å². The van der Waals surface area contributed by atoms with Gasteiger partial charge in [0.05, 0.1) is 17.5 Å². The van der Waals surface area contributed by atoms with Gasteiger partial charge in [-0.15, -0.1) is 0 Å². The topological polar surface area (TPSA) is 63.6 Å². The van der Waals surface area contributed by atoms with Crippen molar-refractivity contribution in [3.05, 3.63) is 48.3 Å². The van der Waals surface area contributed by atoms with Crippen LogP contribution in [0.2, 0.25) is 0 Å². The van der Waals surface area contributed by atoms with E-state index < -0.39 is 10.0 Å². The number of hydrogen-bond acceptors (Lipinski definition) is 4. The number of aromatic nitrogens is 1. The van der Waals surface area contributed by atoms with E-state index in [1.54, 1.807) is 24.3 Å². The second kappa shape index (κ2) is 8.24. The molecular formula is C19H27N3O3S. The quantitative estimate of drug-likeness (QED) is 0.768. The SMILES string of the molecule is CCOc1ccc(S(=O)(=O)NCC(c2cccn2C)N2CCCC2)cc1. The van der Waals surface area contributed by atoms with Crippen LogP contribution < -0.4 is 9.46 Å². The normalized spacial score (nSPS) is 16.7. The Balaban J connectivity index is 1.74. The lowest BCUT2D eigenvalue weighted by Gasteiger charge is -2.28. The minimum absolute atomic E-state index is 0.0370. The number of benzene rings is 1. The maximum absolute atomic E-state index is 12.7. The molecule has 1 fully saturated rings. The van der Waals surface area contributed by atoms with Crippen molar-refractivity contribution >= 4 is 10.0 Å². The highest BCUT2D eigenvalue weighted by atomic mass is 32.2. The molecule has 142 valence electrons. The Bertz CT molecular complexity index is 809. The maximum Gasteiger partial charge on any atom is 0.240 e. The monoisotopic (exact) mass is 377 g/mol. The molecule has 1 aliphatic heterocycles. The van der Waals surface area contributed by atoms with Crippen molar-refractivity contribution in [2.24, 2.45) is 7.05 Å². The highest BCUT2D eigenvalue weighted by molar-refractivity contribution is 7.89. The molecule has 26 heavy (non-hydrogen) atoms. The summed E-state index contributed by atoms with van der Waals surface area (Å²) in [5, 5.41) is 0. The van der Waals surface area contributed by atoms with Gasteiger partial charge in [-0.05, 0) is 69.3 Å². The average molecular weight is 378 g/mol. The van der Waals surface area contributed by atoms with Gasteiger partial charge in [0.1, 0.15) is 5.75 Å². The van der Waals surface area contributed by atoms with Gasteiger partial charge in [0.2, 0.25) is 10.0 Å². The zero-order chi connectivity index (χ0) is 18.6. The lowest BCUT2D eigenvalue weighted by atomic mass is 10.2. The molecule has 1 aromatic heterocycles. The van der Waals surface area contributed by atoms with E-state index in [1.807, 2.05) is 26.2 Å². The number of rotatable bonds is 8. The van der Waals surface area contributed by atoms with E-state index >= 15 is 0 Å². The number of sulfonamides is 1. The molecule has 6 nitrogen and oxygen atoms in total. The molecule has 0 spiro atoms. The van der Waals surface area contributed by atoms with Gasteiger partial charge in [-0.2, -0.15) is 0 Å². The third-order valence-corrected chi connectivity index (χ3v) is 6.26. The average Bonchev–Trinajstić information content (AvgIpc) is 3.29. The Hall–Kier alpha value is -1.83. The van der Waals surface area contributed by atoms with Gasteiger partial charge in [0, 0.05) is 25.5 Å². The van der Waals surface area contributed by atoms with Crippen molar-refractivity contribution in [2.75, 3.05) is 26.2 Å². The van der Waals surface area contributed by atoms with Crippen LogP contribution in [-0.2, 0) is 17.1 Å². The van der Waals surface area contributed by atoms with Crippen LogP contribution in [0.25, 0.3) is 0 Å². The first-order valence-corrected chi connectivity index (χ1v) is 10.6. The minimum atomic E-state index is -3.56. The molecule has 7 heteroatoms. The first-order valence-electron chi connectivity index (χ1n) is 9.09. The van der Waals surface area contributed by atoms with Gasteiger partial charge < -0.3 is 9.30 Å². The van der Waals surface area contributed by atoms with Gasteiger partial charge in [0.15, 0.2) is 0 Å². The van der Waals surface area contributed by atoms with E-state index in [0.29, 0.717) is 18.9 Å². The molecule has 1 unspecified atom stereocenters. The van der Waals surface area contributed by atoms with Crippen molar-refractivity contribution in [1.82, 2.24) is 14.2 Å². The van der Waals surface area contributed by atoms with Crippen LogP contribution in [0.3, 0.4) is 0 Å².